The van der Waals surface area contributed by atoms with Crippen LogP contribution < -0.4 is 10.6 Å². The second kappa shape index (κ2) is 6.59. The minimum absolute atomic E-state index is 0.166. The number of aliphatic hydroxyl groups is 1. The molecule has 0 atom stereocenters. The molecular formula is C13H21N3O4S. The molecule has 7 nitrogen and oxygen atoms in total. The molecule has 0 amide bonds. The summed E-state index contributed by atoms with van der Waals surface area (Å²) in [7, 11) is 1.81. The van der Waals surface area contributed by atoms with Crippen LogP contribution in [0.4, 0.5) is 10.8 Å². The normalized spacial score (nSPS) is 17.5. The van der Waals surface area contributed by atoms with Crippen LogP contribution in [0.25, 0.3) is 0 Å². The highest BCUT2D eigenvalue weighted by Gasteiger charge is 2.33. The number of nitrogens with zero attached hydrogens (tertiary/aromatic N) is 2. The van der Waals surface area contributed by atoms with Gasteiger partial charge in [0.1, 0.15) is 10.6 Å². The average molecular weight is 315 g/mol. The monoisotopic (exact) mass is 315 g/mol. The first-order valence-electron chi connectivity index (χ1n) is 6.90. The van der Waals surface area contributed by atoms with Gasteiger partial charge in [-0.1, -0.05) is 0 Å². The molecule has 0 spiro atoms. The molecule has 8 heteroatoms. The third-order valence-corrected chi connectivity index (χ3v) is 4.46. The van der Waals surface area contributed by atoms with Crippen LogP contribution in [0.5, 0.6) is 0 Å². The molecule has 2 heterocycles. The Morgan fingerprint density at radius 3 is 2.86 bits per heavy atom. The van der Waals surface area contributed by atoms with E-state index in [0.717, 1.165) is 11.5 Å². The molecule has 0 saturated carbocycles. The minimum atomic E-state index is -0.822. The Kier molecular flexibility index (Phi) is 5.02. The highest BCUT2D eigenvalue weighted by molar-refractivity contribution is 7.11. The van der Waals surface area contributed by atoms with Crippen LogP contribution in [0, 0.1) is 0 Å². The van der Waals surface area contributed by atoms with E-state index in [-0.39, 0.29) is 18.0 Å². The maximum atomic E-state index is 12.0. The fourth-order valence-electron chi connectivity index (χ4n) is 2.37. The van der Waals surface area contributed by atoms with E-state index >= 15 is 0 Å². The van der Waals surface area contributed by atoms with Gasteiger partial charge in [0.15, 0.2) is 5.82 Å². The van der Waals surface area contributed by atoms with Gasteiger partial charge in [-0.25, -0.2) is 4.79 Å². The van der Waals surface area contributed by atoms with Crippen LogP contribution in [0.1, 0.15) is 30.1 Å². The van der Waals surface area contributed by atoms with E-state index in [1.165, 1.54) is 0 Å². The first kappa shape index (κ1) is 16.0. The highest BCUT2D eigenvalue weighted by Crippen LogP contribution is 2.32. The number of esters is 1. The fourth-order valence-corrected chi connectivity index (χ4v) is 3.13. The van der Waals surface area contributed by atoms with Gasteiger partial charge in [-0.3, -0.25) is 0 Å². The molecule has 1 aromatic heterocycles. The zero-order valence-corrected chi connectivity index (χ0v) is 13.1. The Balaban J connectivity index is 2.15. The largest absolute Gasteiger partial charge is 0.462 e. The molecule has 0 bridgehead atoms. The number of anilines is 2. The van der Waals surface area contributed by atoms with E-state index in [4.69, 9.17) is 15.2 Å². The molecule has 0 aliphatic carbocycles. The Morgan fingerprint density at radius 2 is 2.24 bits per heavy atom. The molecule has 1 aliphatic rings. The molecule has 1 aromatic rings. The summed E-state index contributed by atoms with van der Waals surface area (Å²) >= 11 is 1.13. The third-order valence-electron chi connectivity index (χ3n) is 3.48. The smallest absolute Gasteiger partial charge is 0.345 e. The Labute approximate surface area is 127 Å². The van der Waals surface area contributed by atoms with Crippen molar-refractivity contribution in [3.63, 3.8) is 0 Å². The summed E-state index contributed by atoms with van der Waals surface area (Å²) in [6, 6.07) is 0. The molecule has 0 unspecified atom stereocenters. The predicted molar refractivity (Wildman–Crippen MR) is 80.8 cm³/mol. The first-order chi connectivity index (χ1) is 9.97. The van der Waals surface area contributed by atoms with E-state index in [2.05, 4.69) is 4.37 Å². The number of nitrogen functional groups attached to an aromatic ring is 1. The van der Waals surface area contributed by atoms with Crippen LogP contribution in [0.3, 0.4) is 0 Å². The molecule has 1 saturated heterocycles. The quantitative estimate of drug-likeness (QED) is 0.778. The lowest BCUT2D eigenvalue weighted by Gasteiger charge is -2.35. The lowest BCUT2D eigenvalue weighted by atomic mass is 9.94. The summed E-state index contributed by atoms with van der Waals surface area (Å²) in [6.07, 6.45) is 1.14. The SMILES string of the molecule is CCOC(=O)c1c(N)nsc1N(C)CC1(O)CCOCC1. The summed E-state index contributed by atoms with van der Waals surface area (Å²) in [6.45, 7) is 3.49. The molecule has 21 heavy (non-hydrogen) atoms. The molecule has 1 aliphatic heterocycles. The molecule has 3 N–H and O–H groups in total. The summed E-state index contributed by atoms with van der Waals surface area (Å²) < 4.78 is 14.3. The van der Waals surface area contributed by atoms with Crippen molar-refractivity contribution in [1.82, 2.24) is 4.37 Å². The third kappa shape index (κ3) is 3.63. The fraction of sp³-hybridized carbons (Fsp3) is 0.692. The highest BCUT2D eigenvalue weighted by atomic mass is 32.1. The number of carbonyl (C=O) groups is 1. The number of nitrogens with two attached hydrogens (primary N) is 1. The Hall–Kier alpha value is -1.38. The zero-order chi connectivity index (χ0) is 15.5. The van der Waals surface area contributed by atoms with Crippen LogP contribution >= 0.6 is 11.5 Å². The number of hydrogen-bond donors (Lipinski definition) is 2. The zero-order valence-electron chi connectivity index (χ0n) is 12.3. The topological polar surface area (TPSA) is 97.9 Å². The number of likely N-dealkylation sites (N-methyl/N-ethyl adjacent to an activating group) is 1. The van der Waals surface area contributed by atoms with Gasteiger partial charge in [0.25, 0.3) is 0 Å². The Bertz CT molecular complexity index is 500. The van der Waals surface area contributed by atoms with Crippen LogP contribution in [0.15, 0.2) is 0 Å². The van der Waals surface area contributed by atoms with Crippen molar-refractivity contribution >= 4 is 28.3 Å². The summed E-state index contributed by atoms with van der Waals surface area (Å²) in [4.78, 5) is 13.8. The lowest BCUT2D eigenvalue weighted by molar-refractivity contribution is -0.0572. The second-order valence-electron chi connectivity index (χ2n) is 5.16. The van der Waals surface area contributed by atoms with Crippen molar-refractivity contribution in [2.24, 2.45) is 0 Å². The maximum absolute atomic E-state index is 12.0. The van der Waals surface area contributed by atoms with E-state index in [0.29, 0.717) is 37.6 Å². The van der Waals surface area contributed by atoms with Crippen LogP contribution in [-0.4, -0.2) is 54.5 Å². The standard InChI is InChI=1S/C13H21N3O4S/c1-3-20-12(17)9-10(14)15-21-11(9)16(2)8-13(18)4-6-19-7-5-13/h18H,3-8H2,1-2H3,(H2,14,15). The minimum Gasteiger partial charge on any atom is -0.462 e. The van der Waals surface area contributed by atoms with Crippen LogP contribution in [0.2, 0.25) is 0 Å². The average Bonchev–Trinajstić information content (AvgIpc) is 2.81. The van der Waals surface area contributed by atoms with Crippen molar-refractivity contribution in [3.05, 3.63) is 5.56 Å². The number of ether oxygens (including phenoxy) is 2. The van der Waals surface area contributed by atoms with E-state index in [9.17, 15) is 9.90 Å². The van der Waals surface area contributed by atoms with Crippen molar-refractivity contribution in [2.75, 3.05) is 44.0 Å². The number of carbonyl (C=O) groups excluding carboxylic acids is 1. The van der Waals surface area contributed by atoms with E-state index < -0.39 is 11.6 Å². The molecule has 2 rings (SSSR count). The van der Waals surface area contributed by atoms with Gasteiger partial charge in [0.2, 0.25) is 0 Å². The molecule has 0 radical (unpaired) electrons. The summed E-state index contributed by atoms with van der Waals surface area (Å²) in [5.41, 5.74) is 5.22. The van der Waals surface area contributed by atoms with Gasteiger partial charge in [-0.15, -0.1) is 0 Å². The Morgan fingerprint density at radius 1 is 1.57 bits per heavy atom. The van der Waals surface area contributed by atoms with Gasteiger partial charge < -0.3 is 25.2 Å². The maximum Gasteiger partial charge on any atom is 0.345 e. The van der Waals surface area contributed by atoms with Crippen molar-refractivity contribution < 1.29 is 19.4 Å². The van der Waals surface area contributed by atoms with E-state index in [1.54, 1.807) is 6.92 Å². The van der Waals surface area contributed by atoms with Gasteiger partial charge in [0.05, 0.1) is 12.2 Å². The molecular weight excluding hydrogens is 294 g/mol. The number of rotatable bonds is 5. The summed E-state index contributed by atoms with van der Waals surface area (Å²) in [5, 5.41) is 11.2. The lowest BCUT2D eigenvalue weighted by Crippen LogP contribution is -2.45. The van der Waals surface area contributed by atoms with Crippen LogP contribution in [-0.2, 0) is 9.47 Å². The van der Waals surface area contributed by atoms with Crippen molar-refractivity contribution in [1.29, 1.82) is 0 Å². The number of hydrogen-bond acceptors (Lipinski definition) is 8. The second-order valence-corrected chi connectivity index (χ2v) is 5.91. The van der Waals surface area contributed by atoms with Gasteiger partial charge in [0, 0.05) is 39.6 Å². The van der Waals surface area contributed by atoms with E-state index in [1.807, 2.05) is 11.9 Å². The van der Waals surface area contributed by atoms with Gasteiger partial charge >= 0.3 is 5.97 Å². The van der Waals surface area contributed by atoms with Gasteiger partial charge in [-0.05, 0) is 18.5 Å². The van der Waals surface area contributed by atoms with Crippen molar-refractivity contribution in [2.45, 2.75) is 25.4 Å². The van der Waals surface area contributed by atoms with Crippen molar-refractivity contribution in [3.8, 4) is 0 Å². The first-order valence-corrected chi connectivity index (χ1v) is 7.68. The molecule has 118 valence electrons. The molecule has 1 fully saturated rings. The van der Waals surface area contributed by atoms with Gasteiger partial charge in [-0.2, -0.15) is 4.37 Å². The number of aromatic nitrogens is 1. The summed E-state index contributed by atoms with van der Waals surface area (Å²) in [5.74, 6) is -0.316. The molecule has 0 aromatic carbocycles. The predicted octanol–water partition coefficient (Wildman–Crippen LogP) is 0.880.